The molecule has 0 bridgehead atoms. The summed E-state index contributed by atoms with van der Waals surface area (Å²) >= 11 is 0. The number of nitrogens with zero attached hydrogens (tertiary/aromatic N) is 1. The van der Waals surface area contributed by atoms with Crippen LogP contribution in [0, 0.1) is 0 Å². The van der Waals surface area contributed by atoms with Crippen LogP contribution >= 0.6 is 0 Å². The van der Waals surface area contributed by atoms with Crippen molar-refractivity contribution in [1.82, 2.24) is 10.2 Å². The van der Waals surface area contributed by atoms with E-state index in [1.54, 1.807) is 0 Å². The van der Waals surface area contributed by atoms with Gasteiger partial charge in [0.1, 0.15) is 0 Å². The van der Waals surface area contributed by atoms with Crippen LogP contribution in [0.2, 0.25) is 0 Å². The molecule has 1 atom stereocenters. The number of carbonyl (C=O) groups excluding carboxylic acids is 1. The first-order valence-corrected chi connectivity index (χ1v) is 7.04. The molecule has 4 heteroatoms. The number of likely N-dealkylation sites (tertiary alicyclic amines) is 1. The molecule has 19 heavy (non-hydrogen) atoms. The van der Waals surface area contributed by atoms with Crippen molar-refractivity contribution < 1.29 is 9.90 Å². The topological polar surface area (TPSA) is 52.6 Å². The van der Waals surface area contributed by atoms with E-state index in [4.69, 9.17) is 0 Å². The van der Waals surface area contributed by atoms with Crippen molar-refractivity contribution in [1.29, 1.82) is 0 Å². The van der Waals surface area contributed by atoms with Gasteiger partial charge in [-0.05, 0) is 43.0 Å². The van der Waals surface area contributed by atoms with E-state index in [0.717, 1.165) is 44.5 Å². The molecule has 0 aliphatic carbocycles. The Kier molecular flexibility index (Phi) is 3.53. The predicted molar refractivity (Wildman–Crippen MR) is 73.0 cm³/mol. The third-order valence-corrected chi connectivity index (χ3v) is 4.22. The minimum atomic E-state index is 0.00470. The second-order valence-corrected chi connectivity index (χ2v) is 5.35. The summed E-state index contributed by atoms with van der Waals surface area (Å²) in [6.45, 7) is 2.62. The molecule has 2 heterocycles. The van der Waals surface area contributed by atoms with E-state index >= 15 is 0 Å². The Morgan fingerprint density at radius 3 is 3.21 bits per heavy atom. The van der Waals surface area contributed by atoms with Crippen molar-refractivity contribution in [3.8, 4) is 0 Å². The first-order valence-electron chi connectivity index (χ1n) is 7.04. The van der Waals surface area contributed by atoms with Crippen molar-refractivity contribution in [2.24, 2.45) is 0 Å². The average Bonchev–Trinajstić information content (AvgIpc) is 2.94. The molecule has 0 radical (unpaired) electrons. The molecule has 102 valence electrons. The third kappa shape index (κ3) is 2.26. The molecular formula is C15H20N2O2. The van der Waals surface area contributed by atoms with Crippen LogP contribution in [0.5, 0.6) is 0 Å². The molecule has 1 aromatic carbocycles. The fourth-order valence-electron chi connectivity index (χ4n) is 3.18. The Hall–Kier alpha value is -1.39. The molecule has 4 nitrogen and oxygen atoms in total. The summed E-state index contributed by atoms with van der Waals surface area (Å²) < 4.78 is 0. The lowest BCUT2D eigenvalue weighted by Crippen LogP contribution is -2.38. The lowest BCUT2D eigenvalue weighted by atomic mass is 9.94. The Morgan fingerprint density at radius 1 is 1.47 bits per heavy atom. The van der Waals surface area contributed by atoms with Crippen LogP contribution in [0.1, 0.15) is 34.3 Å². The zero-order valence-corrected chi connectivity index (χ0v) is 11.1. The lowest BCUT2D eigenvalue weighted by molar-refractivity contribution is 0.0676. The maximum absolute atomic E-state index is 12.7. The zero-order chi connectivity index (χ0) is 13.2. The van der Waals surface area contributed by atoms with Crippen LogP contribution < -0.4 is 5.32 Å². The number of hydrogen-bond acceptors (Lipinski definition) is 3. The Balaban J connectivity index is 1.91. The summed E-state index contributed by atoms with van der Waals surface area (Å²) in [5.74, 6) is 0.0929. The molecule has 1 aromatic rings. The molecule has 2 aliphatic rings. The van der Waals surface area contributed by atoms with Crippen molar-refractivity contribution in [3.63, 3.8) is 0 Å². The summed E-state index contributed by atoms with van der Waals surface area (Å²) in [4.78, 5) is 14.5. The molecule has 1 saturated heterocycles. The zero-order valence-electron chi connectivity index (χ0n) is 11.1. The van der Waals surface area contributed by atoms with Gasteiger partial charge in [0.25, 0.3) is 5.91 Å². The summed E-state index contributed by atoms with van der Waals surface area (Å²) in [5, 5.41) is 12.7. The van der Waals surface area contributed by atoms with Crippen LogP contribution in [0.25, 0.3) is 0 Å². The summed E-state index contributed by atoms with van der Waals surface area (Å²) in [6, 6.07) is 5.98. The molecule has 1 fully saturated rings. The van der Waals surface area contributed by atoms with E-state index in [2.05, 4.69) is 11.4 Å². The number of aliphatic hydroxyl groups is 1. The number of fused-ring (bicyclic) bond motifs is 1. The highest BCUT2D eigenvalue weighted by Gasteiger charge is 2.30. The van der Waals surface area contributed by atoms with Crippen LogP contribution in [-0.4, -0.2) is 41.7 Å². The largest absolute Gasteiger partial charge is 0.394 e. The van der Waals surface area contributed by atoms with Gasteiger partial charge in [-0.15, -0.1) is 0 Å². The lowest BCUT2D eigenvalue weighted by Gasteiger charge is -2.26. The maximum atomic E-state index is 12.7. The summed E-state index contributed by atoms with van der Waals surface area (Å²) in [6.07, 6.45) is 2.82. The average molecular weight is 260 g/mol. The third-order valence-electron chi connectivity index (χ3n) is 4.22. The number of benzene rings is 1. The van der Waals surface area contributed by atoms with E-state index < -0.39 is 0 Å². The smallest absolute Gasteiger partial charge is 0.254 e. The summed E-state index contributed by atoms with van der Waals surface area (Å²) in [7, 11) is 0. The van der Waals surface area contributed by atoms with Gasteiger partial charge >= 0.3 is 0 Å². The van der Waals surface area contributed by atoms with E-state index in [-0.39, 0.29) is 18.6 Å². The van der Waals surface area contributed by atoms with Crippen LogP contribution in [-0.2, 0) is 13.0 Å². The fourth-order valence-corrected chi connectivity index (χ4v) is 3.18. The molecule has 2 aliphatic heterocycles. The first kappa shape index (κ1) is 12.6. The van der Waals surface area contributed by atoms with Crippen molar-refractivity contribution in [2.45, 2.75) is 31.8 Å². The molecule has 0 spiro atoms. The Labute approximate surface area is 113 Å². The number of amides is 1. The monoisotopic (exact) mass is 260 g/mol. The van der Waals surface area contributed by atoms with Gasteiger partial charge in [0.15, 0.2) is 0 Å². The first-order chi connectivity index (χ1) is 9.31. The number of nitrogens with one attached hydrogen (secondary N) is 1. The van der Waals surface area contributed by atoms with Gasteiger partial charge in [0.05, 0.1) is 12.6 Å². The Morgan fingerprint density at radius 2 is 2.37 bits per heavy atom. The maximum Gasteiger partial charge on any atom is 0.254 e. The summed E-state index contributed by atoms with van der Waals surface area (Å²) in [5.41, 5.74) is 3.26. The van der Waals surface area contributed by atoms with Gasteiger partial charge in [0, 0.05) is 18.7 Å². The van der Waals surface area contributed by atoms with Crippen LogP contribution in [0.3, 0.4) is 0 Å². The van der Waals surface area contributed by atoms with Crippen molar-refractivity contribution in [3.05, 3.63) is 34.9 Å². The quantitative estimate of drug-likeness (QED) is 0.831. The number of carbonyl (C=O) groups is 1. The van der Waals surface area contributed by atoms with Gasteiger partial charge in [-0.1, -0.05) is 12.1 Å². The molecule has 0 unspecified atom stereocenters. The molecular weight excluding hydrogens is 240 g/mol. The molecule has 2 N–H and O–H groups in total. The van der Waals surface area contributed by atoms with Gasteiger partial charge in [-0.25, -0.2) is 0 Å². The number of rotatable bonds is 2. The van der Waals surface area contributed by atoms with Gasteiger partial charge in [-0.2, -0.15) is 0 Å². The van der Waals surface area contributed by atoms with Gasteiger partial charge in [-0.3, -0.25) is 4.79 Å². The second kappa shape index (κ2) is 5.31. The van der Waals surface area contributed by atoms with E-state index in [9.17, 15) is 9.90 Å². The van der Waals surface area contributed by atoms with Gasteiger partial charge < -0.3 is 15.3 Å². The van der Waals surface area contributed by atoms with E-state index in [0.29, 0.717) is 0 Å². The van der Waals surface area contributed by atoms with Crippen molar-refractivity contribution >= 4 is 5.91 Å². The van der Waals surface area contributed by atoms with Crippen LogP contribution in [0.4, 0.5) is 0 Å². The highest BCUT2D eigenvalue weighted by atomic mass is 16.3. The highest BCUT2D eigenvalue weighted by molar-refractivity contribution is 5.96. The second-order valence-electron chi connectivity index (χ2n) is 5.35. The highest BCUT2D eigenvalue weighted by Crippen LogP contribution is 2.24. The van der Waals surface area contributed by atoms with E-state index in [1.165, 1.54) is 11.1 Å². The van der Waals surface area contributed by atoms with E-state index in [1.807, 2.05) is 17.0 Å². The van der Waals surface area contributed by atoms with Crippen LogP contribution in [0.15, 0.2) is 18.2 Å². The normalized spacial score (nSPS) is 22.4. The molecule has 1 amide bonds. The van der Waals surface area contributed by atoms with Crippen molar-refractivity contribution in [2.75, 3.05) is 19.7 Å². The Bertz CT molecular complexity index is 487. The molecule has 0 saturated carbocycles. The number of aliphatic hydroxyl groups excluding tert-OH is 1. The fraction of sp³-hybridized carbons (Fsp3) is 0.533. The minimum Gasteiger partial charge on any atom is -0.394 e. The predicted octanol–water partition coefficient (Wildman–Crippen LogP) is 0.929. The van der Waals surface area contributed by atoms with Gasteiger partial charge in [0.2, 0.25) is 0 Å². The minimum absolute atomic E-state index is 0.00470. The SMILES string of the molecule is O=C(c1cccc2c1CCNC2)N1CCC[C@H]1CO. The molecule has 0 aromatic heterocycles. The molecule has 3 rings (SSSR count). The number of hydrogen-bond donors (Lipinski definition) is 2. The standard InChI is InChI=1S/C15H20N2O2/c18-10-12-4-2-8-17(12)15(19)14-5-1-3-11-9-16-7-6-13(11)14/h1,3,5,12,16,18H,2,4,6-10H2/t12-/m0/s1.